The van der Waals surface area contributed by atoms with Gasteiger partial charge in [0.2, 0.25) is 10.0 Å². The molecule has 2 N–H and O–H groups in total. The van der Waals surface area contributed by atoms with Crippen molar-refractivity contribution in [3.63, 3.8) is 0 Å². The summed E-state index contributed by atoms with van der Waals surface area (Å²) in [6, 6.07) is 7.30. The zero-order chi connectivity index (χ0) is 15.3. The van der Waals surface area contributed by atoms with Crippen molar-refractivity contribution >= 4 is 10.0 Å². The maximum Gasteiger partial charge on any atom is 0.240 e. The molecule has 1 aromatic rings. The lowest BCUT2D eigenvalue weighted by Crippen LogP contribution is -2.27. The molecule has 1 aliphatic carbocycles. The number of hydrogen-bond acceptors (Lipinski definition) is 3. The Balaban J connectivity index is 1.91. The van der Waals surface area contributed by atoms with Crippen LogP contribution in [0.3, 0.4) is 0 Å². The van der Waals surface area contributed by atoms with E-state index in [1.54, 1.807) is 12.1 Å². The fourth-order valence-electron chi connectivity index (χ4n) is 2.55. The molecule has 0 saturated heterocycles. The van der Waals surface area contributed by atoms with Gasteiger partial charge >= 0.3 is 0 Å². The van der Waals surface area contributed by atoms with E-state index in [2.05, 4.69) is 23.9 Å². The van der Waals surface area contributed by atoms with Crippen LogP contribution < -0.4 is 10.0 Å². The van der Waals surface area contributed by atoms with Gasteiger partial charge in [0.1, 0.15) is 0 Å². The molecule has 1 fully saturated rings. The quantitative estimate of drug-likeness (QED) is 0.689. The van der Waals surface area contributed by atoms with Crippen LogP contribution in [0.25, 0.3) is 0 Å². The summed E-state index contributed by atoms with van der Waals surface area (Å²) in [4.78, 5) is 0.365. The minimum absolute atomic E-state index is 0.140. The standard InChI is InChI=1S/C16H26N2O2S/c1-3-5-14-11-16(14)18-21(19,20)15-8-6-13(7-9-15)12-17-10-4-2/h6-9,14,16-18H,3-5,10-12H2,1-2H3. The van der Waals surface area contributed by atoms with Crippen LogP contribution in [0.2, 0.25) is 0 Å². The summed E-state index contributed by atoms with van der Waals surface area (Å²) < 4.78 is 27.4. The van der Waals surface area contributed by atoms with Crippen molar-refractivity contribution in [1.82, 2.24) is 10.0 Å². The van der Waals surface area contributed by atoms with Gasteiger partial charge in [-0.3, -0.25) is 0 Å². The number of sulfonamides is 1. The first-order valence-electron chi connectivity index (χ1n) is 7.88. The summed E-state index contributed by atoms with van der Waals surface area (Å²) in [5.41, 5.74) is 1.11. The van der Waals surface area contributed by atoms with Gasteiger partial charge in [0, 0.05) is 12.6 Å². The molecular formula is C16H26N2O2S. The van der Waals surface area contributed by atoms with Gasteiger partial charge in [-0.05, 0) is 49.4 Å². The molecule has 0 radical (unpaired) electrons. The molecule has 4 nitrogen and oxygen atoms in total. The lowest BCUT2D eigenvalue weighted by Gasteiger charge is -2.08. The van der Waals surface area contributed by atoms with Crippen molar-refractivity contribution in [1.29, 1.82) is 0 Å². The van der Waals surface area contributed by atoms with Crippen molar-refractivity contribution < 1.29 is 8.42 Å². The Bertz CT molecular complexity index is 540. The maximum atomic E-state index is 12.3. The van der Waals surface area contributed by atoms with Gasteiger partial charge < -0.3 is 5.32 Å². The van der Waals surface area contributed by atoms with Crippen LogP contribution in [0.5, 0.6) is 0 Å². The number of benzene rings is 1. The fraction of sp³-hybridized carbons (Fsp3) is 0.625. The summed E-state index contributed by atoms with van der Waals surface area (Å²) in [5.74, 6) is 0.530. The molecule has 0 aromatic heterocycles. The largest absolute Gasteiger partial charge is 0.313 e. The zero-order valence-electron chi connectivity index (χ0n) is 12.9. The van der Waals surface area contributed by atoms with Crippen molar-refractivity contribution in [2.45, 2.75) is 57.0 Å². The van der Waals surface area contributed by atoms with E-state index >= 15 is 0 Å². The second kappa shape index (κ2) is 7.38. The summed E-state index contributed by atoms with van der Waals surface area (Å²) >= 11 is 0. The van der Waals surface area contributed by atoms with Gasteiger partial charge in [0.25, 0.3) is 0 Å². The Hall–Kier alpha value is -0.910. The van der Waals surface area contributed by atoms with Crippen molar-refractivity contribution in [3.05, 3.63) is 29.8 Å². The van der Waals surface area contributed by atoms with Gasteiger partial charge in [-0.15, -0.1) is 0 Å². The average Bonchev–Trinajstić information content (AvgIpc) is 3.17. The van der Waals surface area contributed by atoms with Crippen molar-refractivity contribution in [2.24, 2.45) is 5.92 Å². The van der Waals surface area contributed by atoms with Gasteiger partial charge in [0.05, 0.1) is 4.90 Å². The Morgan fingerprint density at radius 2 is 1.86 bits per heavy atom. The highest BCUT2D eigenvalue weighted by Gasteiger charge is 2.39. The molecule has 0 heterocycles. The minimum Gasteiger partial charge on any atom is -0.313 e. The Kier molecular flexibility index (Phi) is 5.79. The van der Waals surface area contributed by atoms with Gasteiger partial charge in [-0.1, -0.05) is 32.4 Å². The first kappa shape index (κ1) is 16.5. The molecule has 0 spiro atoms. The summed E-state index contributed by atoms with van der Waals surface area (Å²) in [7, 11) is -3.36. The third-order valence-corrected chi connectivity index (χ3v) is 5.38. The Labute approximate surface area is 128 Å². The minimum atomic E-state index is -3.36. The zero-order valence-corrected chi connectivity index (χ0v) is 13.7. The van der Waals surface area contributed by atoms with Crippen LogP contribution in [0.4, 0.5) is 0 Å². The fourth-order valence-corrected chi connectivity index (χ4v) is 3.86. The molecule has 0 bridgehead atoms. The highest BCUT2D eigenvalue weighted by molar-refractivity contribution is 7.89. The van der Waals surface area contributed by atoms with E-state index in [1.807, 2.05) is 12.1 Å². The third kappa shape index (κ3) is 4.80. The van der Waals surface area contributed by atoms with Gasteiger partial charge in [-0.2, -0.15) is 0 Å². The first-order valence-corrected chi connectivity index (χ1v) is 9.37. The van der Waals surface area contributed by atoms with Crippen LogP contribution in [-0.4, -0.2) is 21.0 Å². The van der Waals surface area contributed by atoms with E-state index in [0.717, 1.165) is 44.3 Å². The number of hydrogen-bond donors (Lipinski definition) is 2. The maximum absolute atomic E-state index is 12.3. The van der Waals surface area contributed by atoms with Crippen LogP contribution >= 0.6 is 0 Å². The second-order valence-corrected chi connectivity index (χ2v) is 7.55. The molecule has 2 unspecified atom stereocenters. The van der Waals surface area contributed by atoms with E-state index in [0.29, 0.717) is 10.8 Å². The van der Waals surface area contributed by atoms with E-state index in [9.17, 15) is 8.42 Å². The topological polar surface area (TPSA) is 58.2 Å². The molecule has 1 aliphatic rings. The Morgan fingerprint density at radius 1 is 1.14 bits per heavy atom. The number of nitrogens with one attached hydrogen (secondary N) is 2. The molecule has 1 aromatic carbocycles. The van der Waals surface area contributed by atoms with Crippen LogP contribution in [0.15, 0.2) is 29.2 Å². The van der Waals surface area contributed by atoms with Crippen molar-refractivity contribution in [2.75, 3.05) is 6.54 Å². The smallest absolute Gasteiger partial charge is 0.240 e. The van der Waals surface area contributed by atoms with Gasteiger partial charge in [-0.25, -0.2) is 13.1 Å². The molecule has 0 amide bonds. The molecule has 21 heavy (non-hydrogen) atoms. The van der Waals surface area contributed by atoms with Crippen molar-refractivity contribution in [3.8, 4) is 0 Å². The summed E-state index contributed by atoms with van der Waals surface area (Å²) in [6.07, 6.45) is 4.29. The van der Waals surface area contributed by atoms with E-state index in [1.165, 1.54) is 0 Å². The predicted molar refractivity (Wildman–Crippen MR) is 85.6 cm³/mol. The average molecular weight is 310 g/mol. The lowest BCUT2D eigenvalue weighted by atomic mass is 10.2. The van der Waals surface area contributed by atoms with Crippen LogP contribution in [0, 0.1) is 5.92 Å². The highest BCUT2D eigenvalue weighted by Crippen LogP contribution is 2.35. The predicted octanol–water partition coefficient (Wildman–Crippen LogP) is 2.65. The molecule has 1 saturated carbocycles. The summed E-state index contributed by atoms with van der Waals surface area (Å²) in [6.45, 7) is 6.01. The van der Waals surface area contributed by atoms with E-state index < -0.39 is 10.0 Å². The van der Waals surface area contributed by atoms with E-state index in [4.69, 9.17) is 0 Å². The van der Waals surface area contributed by atoms with Gasteiger partial charge in [0.15, 0.2) is 0 Å². The SMILES string of the molecule is CCCNCc1ccc(S(=O)(=O)NC2CC2CCC)cc1. The highest BCUT2D eigenvalue weighted by atomic mass is 32.2. The monoisotopic (exact) mass is 310 g/mol. The number of rotatable bonds is 9. The third-order valence-electron chi connectivity index (χ3n) is 3.88. The second-order valence-electron chi connectivity index (χ2n) is 5.83. The summed E-state index contributed by atoms with van der Waals surface area (Å²) in [5, 5.41) is 3.31. The molecular weight excluding hydrogens is 284 g/mol. The molecule has 118 valence electrons. The lowest BCUT2D eigenvalue weighted by molar-refractivity contribution is 0.573. The van der Waals surface area contributed by atoms with Crippen LogP contribution in [-0.2, 0) is 16.6 Å². The molecule has 2 atom stereocenters. The molecule has 5 heteroatoms. The molecule has 2 rings (SSSR count). The molecule has 0 aliphatic heterocycles. The van der Waals surface area contributed by atoms with E-state index in [-0.39, 0.29) is 6.04 Å². The first-order chi connectivity index (χ1) is 10.1. The normalized spacial score (nSPS) is 21.4. The van der Waals surface area contributed by atoms with Crippen LogP contribution in [0.1, 0.15) is 45.1 Å². The Morgan fingerprint density at radius 3 is 2.48 bits per heavy atom.